The van der Waals surface area contributed by atoms with Gasteiger partial charge in [-0.25, -0.2) is 10.8 Å². The van der Waals surface area contributed by atoms with E-state index in [1.807, 2.05) is 43.3 Å². The Labute approximate surface area is 148 Å². The van der Waals surface area contributed by atoms with Gasteiger partial charge in [0.1, 0.15) is 0 Å². The van der Waals surface area contributed by atoms with Gasteiger partial charge in [-0.3, -0.25) is 10.2 Å². The number of nitrogens with zero attached hydrogens (tertiary/aromatic N) is 1. The number of aromatic nitrogens is 1. The van der Waals surface area contributed by atoms with Gasteiger partial charge in [-0.2, -0.15) is 0 Å². The van der Waals surface area contributed by atoms with Crippen LogP contribution in [-0.4, -0.2) is 10.9 Å². The van der Waals surface area contributed by atoms with E-state index in [1.54, 1.807) is 12.1 Å². The second kappa shape index (κ2) is 7.09. The Kier molecular flexibility index (Phi) is 4.89. The van der Waals surface area contributed by atoms with Gasteiger partial charge in [-0.05, 0) is 55.1 Å². The molecule has 24 heavy (non-hydrogen) atoms. The highest BCUT2D eigenvalue weighted by atomic mass is 35.5. The van der Waals surface area contributed by atoms with Crippen LogP contribution in [0.1, 0.15) is 16.1 Å². The largest absolute Gasteiger partial charge is 0.429 e. The van der Waals surface area contributed by atoms with Gasteiger partial charge in [0.2, 0.25) is 5.89 Å². The van der Waals surface area contributed by atoms with Crippen LogP contribution in [0.5, 0.6) is 0 Å². The Morgan fingerprint density at radius 2 is 1.83 bits per heavy atom. The molecule has 0 aliphatic carbocycles. The van der Waals surface area contributed by atoms with Crippen molar-refractivity contribution in [2.24, 2.45) is 5.84 Å². The van der Waals surface area contributed by atoms with Crippen LogP contribution in [0.3, 0.4) is 0 Å². The molecule has 0 spiro atoms. The number of nitrogens with one attached hydrogen (secondary N) is 1. The number of benzene rings is 2. The second-order valence-electron chi connectivity index (χ2n) is 5.05. The number of hydrogen-bond acceptors (Lipinski definition) is 5. The SMILES string of the molecule is Cc1ccc(-c2nc(C(=O)NN)c(Sc3ccc(Cl)cc3)o2)cc1. The summed E-state index contributed by atoms with van der Waals surface area (Å²) in [5, 5.41) is 1.01. The number of amides is 1. The van der Waals surface area contributed by atoms with Gasteiger partial charge in [0.05, 0.1) is 0 Å². The van der Waals surface area contributed by atoms with Gasteiger partial charge in [-0.1, -0.05) is 29.3 Å². The molecule has 0 aliphatic rings. The van der Waals surface area contributed by atoms with Gasteiger partial charge in [0.15, 0.2) is 10.8 Å². The summed E-state index contributed by atoms with van der Waals surface area (Å²) in [6.07, 6.45) is 0. The van der Waals surface area contributed by atoms with Crippen molar-refractivity contribution in [3.05, 3.63) is 64.8 Å². The van der Waals surface area contributed by atoms with E-state index in [9.17, 15) is 4.79 Å². The number of aryl methyl sites for hydroxylation is 1. The maximum Gasteiger partial charge on any atom is 0.288 e. The average molecular weight is 360 g/mol. The fraction of sp³-hybridized carbons (Fsp3) is 0.0588. The molecule has 0 aliphatic heterocycles. The van der Waals surface area contributed by atoms with Gasteiger partial charge in [0.25, 0.3) is 5.91 Å². The van der Waals surface area contributed by atoms with Crippen LogP contribution < -0.4 is 11.3 Å². The Morgan fingerprint density at radius 3 is 2.46 bits per heavy atom. The van der Waals surface area contributed by atoms with Gasteiger partial charge >= 0.3 is 0 Å². The lowest BCUT2D eigenvalue weighted by Gasteiger charge is -2.00. The van der Waals surface area contributed by atoms with Crippen LogP contribution in [0.4, 0.5) is 0 Å². The van der Waals surface area contributed by atoms with Crippen molar-refractivity contribution in [3.63, 3.8) is 0 Å². The topological polar surface area (TPSA) is 81.2 Å². The van der Waals surface area contributed by atoms with Crippen LogP contribution in [0, 0.1) is 6.92 Å². The number of nitrogens with two attached hydrogens (primary N) is 1. The maximum atomic E-state index is 12.0. The number of rotatable bonds is 4. The number of hydrogen-bond donors (Lipinski definition) is 2. The summed E-state index contributed by atoms with van der Waals surface area (Å²) >= 11 is 7.17. The summed E-state index contributed by atoms with van der Waals surface area (Å²) in [5.74, 6) is 5.11. The van der Waals surface area contributed by atoms with Gasteiger partial charge < -0.3 is 4.42 Å². The predicted molar refractivity (Wildman–Crippen MR) is 93.9 cm³/mol. The summed E-state index contributed by atoms with van der Waals surface area (Å²) in [6, 6.07) is 14.9. The zero-order valence-electron chi connectivity index (χ0n) is 12.7. The van der Waals surface area contributed by atoms with Crippen molar-refractivity contribution in [2.75, 3.05) is 0 Å². The number of nitrogen functional groups attached to an aromatic ring is 1. The highest BCUT2D eigenvalue weighted by molar-refractivity contribution is 7.99. The third kappa shape index (κ3) is 3.62. The van der Waals surface area contributed by atoms with Crippen molar-refractivity contribution in [2.45, 2.75) is 16.9 Å². The molecule has 0 fully saturated rings. The van der Waals surface area contributed by atoms with Crippen LogP contribution in [0.15, 0.2) is 62.9 Å². The second-order valence-corrected chi connectivity index (χ2v) is 6.53. The molecule has 7 heteroatoms. The molecular weight excluding hydrogens is 346 g/mol. The van der Waals surface area contributed by atoms with Crippen molar-refractivity contribution < 1.29 is 9.21 Å². The molecule has 2 aromatic carbocycles. The van der Waals surface area contributed by atoms with Crippen LogP contribution in [-0.2, 0) is 0 Å². The first-order chi connectivity index (χ1) is 11.6. The molecule has 122 valence electrons. The lowest BCUT2D eigenvalue weighted by atomic mass is 10.1. The molecule has 0 radical (unpaired) electrons. The standard InChI is InChI=1S/C17H14ClN3O2S/c1-10-2-4-11(5-3-10)16-20-14(15(22)21-19)17(23-16)24-13-8-6-12(18)7-9-13/h2-9H,19H2,1H3,(H,21,22). The maximum absolute atomic E-state index is 12.0. The van der Waals surface area contributed by atoms with Crippen molar-refractivity contribution >= 4 is 29.3 Å². The summed E-state index contributed by atoms with van der Waals surface area (Å²) in [6.45, 7) is 1.99. The molecule has 0 atom stereocenters. The minimum absolute atomic E-state index is 0.146. The Bertz CT molecular complexity index is 861. The predicted octanol–water partition coefficient (Wildman–Crippen LogP) is 4.06. The minimum atomic E-state index is -0.506. The Balaban J connectivity index is 1.98. The lowest BCUT2D eigenvalue weighted by molar-refractivity contribution is 0.0944. The molecule has 0 saturated carbocycles. The number of hydrazine groups is 1. The molecule has 0 saturated heterocycles. The summed E-state index contributed by atoms with van der Waals surface area (Å²) < 4.78 is 5.80. The molecule has 3 N–H and O–H groups in total. The molecule has 1 aromatic heterocycles. The number of oxazole rings is 1. The minimum Gasteiger partial charge on any atom is -0.429 e. The summed E-state index contributed by atoms with van der Waals surface area (Å²) in [4.78, 5) is 17.1. The average Bonchev–Trinajstić information content (AvgIpc) is 3.00. The van der Waals surface area contributed by atoms with Gasteiger partial charge in [0, 0.05) is 15.5 Å². The summed E-state index contributed by atoms with van der Waals surface area (Å²) in [7, 11) is 0. The third-order valence-electron chi connectivity index (χ3n) is 3.26. The molecular formula is C17H14ClN3O2S. The molecule has 1 amide bonds. The molecule has 0 bridgehead atoms. The highest BCUT2D eigenvalue weighted by Crippen LogP contribution is 2.34. The third-order valence-corrected chi connectivity index (χ3v) is 4.49. The van der Waals surface area contributed by atoms with E-state index in [1.165, 1.54) is 11.8 Å². The smallest absolute Gasteiger partial charge is 0.288 e. The van der Waals surface area contributed by atoms with E-state index in [-0.39, 0.29) is 5.69 Å². The zero-order chi connectivity index (χ0) is 17.1. The van der Waals surface area contributed by atoms with Crippen LogP contribution >= 0.6 is 23.4 Å². The normalized spacial score (nSPS) is 10.6. The quantitative estimate of drug-likeness (QED) is 0.417. The van der Waals surface area contributed by atoms with E-state index in [0.717, 1.165) is 16.0 Å². The lowest BCUT2D eigenvalue weighted by Crippen LogP contribution is -2.30. The summed E-state index contributed by atoms with van der Waals surface area (Å²) in [5.41, 5.74) is 4.15. The fourth-order valence-corrected chi connectivity index (χ4v) is 2.98. The van der Waals surface area contributed by atoms with Crippen molar-refractivity contribution in [1.82, 2.24) is 10.4 Å². The Morgan fingerprint density at radius 1 is 1.17 bits per heavy atom. The van der Waals surface area contributed by atoms with Crippen LogP contribution in [0.25, 0.3) is 11.5 Å². The first-order valence-electron chi connectivity index (χ1n) is 7.09. The molecule has 3 rings (SSSR count). The monoisotopic (exact) mass is 359 g/mol. The number of carbonyl (C=O) groups is 1. The van der Waals surface area contributed by atoms with Crippen molar-refractivity contribution in [3.8, 4) is 11.5 Å². The molecule has 0 unspecified atom stereocenters. The molecule has 1 heterocycles. The van der Waals surface area contributed by atoms with E-state index in [2.05, 4.69) is 10.4 Å². The first-order valence-corrected chi connectivity index (χ1v) is 8.28. The highest BCUT2D eigenvalue weighted by Gasteiger charge is 2.21. The zero-order valence-corrected chi connectivity index (χ0v) is 14.3. The molecule has 3 aromatic rings. The van der Waals surface area contributed by atoms with E-state index >= 15 is 0 Å². The number of halogens is 1. The first kappa shape index (κ1) is 16.6. The van der Waals surface area contributed by atoms with Crippen molar-refractivity contribution in [1.29, 1.82) is 0 Å². The van der Waals surface area contributed by atoms with E-state index in [0.29, 0.717) is 16.0 Å². The fourth-order valence-electron chi connectivity index (χ4n) is 2.02. The van der Waals surface area contributed by atoms with E-state index < -0.39 is 5.91 Å². The number of carbonyl (C=O) groups excluding carboxylic acids is 1. The Hall–Kier alpha value is -2.28. The van der Waals surface area contributed by atoms with Gasteiger partial charge in [-0.15, -0.1) is 0 Å². The van der Waals surface area contributed by atoms with E-state index in [4.69, 9.17) is 21.9 Å². The molecule has 5 nitrogen and oxygen atoms in total. The van der Waals surface area contributed by atoms with Crippen LogP contribution in [0.2, 0.25) is 5.02 Å².